The topological polar surface area (TPSA) is 57.2 Å². The number of aliphatic imine (C=N–C) groups is 1. The molecule has 2 fully saturated rings. The molecule has 2 aliphatic heterocycles. The Kier molecular flexibility index (Phi) is 7.35. The van der Waals surface area contributed by atoms with Crippen molar-refractivity contribution in [2.45, 2.75) is 58.0 Å². The third kappa shape index (κ3) is 5.22. The van der Waals surface area contributed by atoms with Gasteiger partial charge in [0.2, 0.25) is 0 Å². The predicted molar refractivity (Wildman–Crippen MR) is 104 cm³/mol. The van der Waals surface area contributed by atoms with Crippen LogP contribution >= 0.6 is 0 Å². The van der Waals surface area contributed by atoms with E-state index in [1.165, 1.54) is 25.7 Å². The molecule has 0 radical (unpaired) electrons. The molecule has 6 heteroatoms. The van der Waals surface area contributed by atoms with Crippen LogP contribution in [0.15, 0.2) is 16.6 Å². The van der Waals surface area contributed by atoms with Crippen molar-refractivity contribution >= 4 is 11.9 Å². The highest BCUT2D eigenvalue weighted by atomic mass is 16.5. The van der Waals surface area contributed by atoms with Gasteiger partial charge in [0.15, 0.2) is 5.96 Å². The largest absolute Gasteiger partial charge is 0.368 e. The number of amides is 1. The monoisotopic (exact) mass is 362 g/mol. The van der Waals surface area contributed by atoms with Crippen LogP contribution in [0, 0.1) is 0 Å². The summed E-state index contributed by atoms with van der Waals surface area (Å²) in [6.07, 6.45) is 10.3. The van der Waals surface area contributed by atoms with Crippen molar-refractivity contribution in [2.75, 3.05) is 45.9 Å². The fraction of sp³-hybridized carbons (Fsp3) is 0.800. The molecule has 0 aromatic rings. The number of guanidine groups is 1. The zero-order valence-corrected chi connectivity index (χ0v) is 16.2. The van der Waals surface area contributed by atoms with Gasteiger partial charge in [0, 0.05) is 45.9 Å². The van der Waals surface area contributed by atoms with Gasteiger partial charge in [-0.05, 0) is 51.9 Å². The van der Waals surface area contributed by atoms with Gasteiger partial charge in [-0.2, -0.15) is 0 Å². The Labute approximate surface area is 157 Å². The number of nitrogens with zero attached hydrogens (tertiary/aromatic N) is 3. The summed E-state index contributed by atoms with van der Waals surface area (Å²) in [5, 5.41) is 3.42. The summed E-state index contributed by atoms with van der Waals surface area (Å²) in [7, 11) is 0. The van der Waals surface area contributed by atoms with Crippen LogP contribution in [0.2, 0.25) is 0 Å². The minimum Gasteiger partial charge on any atom is -0.368 e. The van der Waals surface area contributed by atoms with Crippen molar-refractivity contribution < 1.29 is 9.53 Å². The Morgan fingerprint density at radius 2 is 2.04 bits per heavy atom. The van der Waals surface area contributed by atoms with Gasteiger partial charge in [0.1, 0.15) is 6.10 Å². The van der Waals surface area contributed by atoms with E-state index in [4.69, 9.17) is 9.73 Å². The van der Waals surface area contributed by atoms with Crippen molar-refractivity contribution in [2.24, 2.45) is 4.99 Å². The van der Waals surface area contributed by atoms with E-state index in [9.17, 15) is 4.79 Å². The van der Waals surface area contributed by atoms with E-state index >= 15 is 0 Å². The molecule has 3 rings (SSSR count). The third-order valence-corrected chi connectivity index (χ3v) is 5.51. The highest BCUT2D eigenvalue weighted by Gasteiger charge is 2.30. The van der Waals surface area contributed by atoms with Gasteiger partial charge in [0.25, 0.3) is 5.91 Å². The summed E-state index contributed by atoms with van der Waals surface area (Å²) in [5.41, 5.74) is 1.57. The average Bonchev–Trinajstić information content (AvgIpc) is 3.23. The molecule has 2 heterocycles. The van der Waals surface area contributed by atoms with Crippen LogP contribution in [0.5, 0.6) is 0 Å². The van der Waals surface area contributed by atoms with Crippen LogP contribution in [-0.2, 0) is 9.53 Å². The lowest BCUT2D eigenvalue weighted by Crippen LogP contribution is -2.55. The number of nitrogens with one attached hydrogen (secondary N) is 1. The third-order valence-electron chi connectivity index (χ3n) is 5.51. The van der Waals surface area contributed by atoms with Crippen LogP contribution < -0.4 is 5.32 Å². The van der Waals surface area contributed by atoms with Crippen LogP contribution in [0.3, 0.4) is 0 Å². The molecule has 1 unspecified atom stereocenters. The highest BCUT2D eigenvalue weighted by molar-refractivity contribution is 5.82. The van der Waals surface area contributed by atoms with Gasteiger partial charge in [0.05, 0.1) is 0 Å². The first-order valence-corrected chi connectivity index (χ1v) is 10.4. The molecule has 26 heavy (non-hydrogen) atoms. The van der Waals surface area contributed by atoms with Crippen molar-refractivity contribution in [1.29, 1.82) is 0 Å². The Morgan fingerprint density at radius 1 is 1.23 bits per heavy atom. The molecule has 2 saturated heterocycles. The number of carbonyl (C=O) groups is 1. The molecule has 6 nitrogen and oxygen atoms in total. The molecule has 0 spiro atoms. The highest BCUT2D eigenvalue weighted by Crippen LogP contribution is 2.20. The summed E-state index contributed by atoms with van der Waals surface area (Å²) in [5.74, 6) is 1.17. The van der Waals surface area contributed by atoms with E-state index in [0.29, 0.717) is 0 Å². The van der Waals surface area contributed by atoms with E-state index in [1.54, 1.807) is 5.57 Å². The van der Waals surface area contributed by atoms with Gasteiger partial charge in [-0.3, -0.25) is 9.79 Å². The molecule has 1 amide bonds. The molecular weight excluding hydrogens is 328 g/mol. The van der Waals surface area contributed by atoms with E-state index in [1.807, 2.05) is 4.90 Å². The molecule has 0 aromatic heterocycles. The second kappa shape index (κ2) is 9.95. The average molecular weight is 363 g/mol. The fourth-order valence-electron chi connectivity index (χ4n) is 3.98. The Balaban J connectivity index is 1.48. The minimum absolute atomic E-state index is 0.174. The van der Waals surface area contributed by atoms with Crippen LogP contribution in [0.4, 0.5) is 0 Å². The quantitative estimate of drug-likeness (QED) is 0.463. The van der Waals surface area contributed by atoms with E-state index in [-0.39, 0.29) is 12.0 Å². The first-order valence-electron chi connectivity index (χ1n) is 10.4. The van der Waals surface area contributed by atoms with Gasteiger partial charge < -0.3 is 19.9 Å². The number of hydrogen-bond acceptors (Lipinski definition) is 3. The standard InChI is InChI=1S/C20H34N4O2/c1-2-21-20(22-11-10-17-7-4-3-5-8-17)24-14-12-23(13-15-24)19(25)18-9-6-16-26-18/h7,18H,2-6,8-16H2,1H3,(H,21,22). The molecule has 1 N–H and O–H groups in total. The number of hydrogen-bond donors (Lipinski definition) is 1. The number of allylic oxidation sites excluding steroid dienone is 1. The molecule has 0 saturated carbocycles. The van der Waals surface area contributed by atoms with Crippen molar-refractivity contribution in [1.82, 2.24) is 15.1 Å². The minimum atomic E-state index is -0.202. The normalized spacial score (nSPS) is 24.6. The van der Waals surface area contributed by atoms with Crippen LogP contribution in [0.25, 0.3) is 0 Å². The first kappa shape index (κ1) is 19.2. The Bertz CT molecular complexity index is 518. The maximum absolute atomic E-state index is 12.5. The molecular formula is C20H34N4O2. The number of ether oxygens (including phenoxy) is 1. The van der Waals surface area contributed by atoms with Gasteiger partial charge >= 0.3 is 0 Å². The van der Waals surface area contributed by atoms with E-state index < -0.39 is 0 Å². The molecule has 1 aliphatic carbocycles. The predicted octanol–water partition coefficient (Wildman–Crippen LogP) is 2.17. The number of rotatable bonds is 5. The van der Waals surface area contributed by atoms with Gasteiger partial charge in [-0.25, -0.2) is 0 Å². The maximum atomic E-state index is 12.5. The van der Waals surface area contributed by atoms with Crippen molar-refractivity contribution in [3.63, 3.8) is 0 Å². The molecule has 146 valence electrons. The summed E-state index contributed by atoms with van der Waals surface area (Å²) in [4.78, 5) is 21.6. The SMILES string of the molecule is CCNC(=NCCC1=CCCCC1)N1CCN(C(=O)C2CCCO2)CC1. The molecule has 0 aromatic carbocycles. The zero-order chi connectivity index (χ0) is 18.2. The number of carbonyl (C=O) groups excluding carboxylic acids is 1. The molecule has 0 bridgehead atoms. The summed E-state index contributed by atoms with van der Waals surface area (Å²) >= 11 is 0. The van der Waals surface area contributed by atoms with Crippen molar-refractivity contribution in [3.8, 4) is 0 Å². The van der Waals surface area contributed by atoms with Crippen LogP contribution in [-0.4, -0.2) is 73.6 Å². The van der Waals surface area contributed by atoms with E-state index in [0.717, 1.165) is 71.1 Å². The molecule has 1 atom stereocenters. The fourth-order valence-corrected chi connectivity index (χ4v) is 3.98. The summed E-state index contributed by atoms with van der Waals surface area (Å²) < 4.78 is 5.55. The second-order valence-corrected chi connectivity index (χ2v) is 7.41. The lowest BCUT2D eigenvalue weighted by molar-refractivity contribution is -0.142. The van der Waals surface area contributed by atoms with E-state index in [2.05, 4.69) is 23.2 Å². The first-order chi connectivity index (χ1) is 12.8. The zero-order valence-electron chi connectivity index (χ0n) is 16.2. The second-order valence-electron chi connectivity index (χ2n) is 7.41. The van der Waals surface area contributed by atoms with Gasteiger partial charge in [-0.15, -0.1) is 0 Å². The lowest BCUT2D eigenvalue weighted by Gasteiger charge is -2.37. The van der Waals surface area contributed by atoms with Gasteiger partial charge in [-0.1, -0.05) is 11.6 Å². The lowest BCUT2D eigenvalue weighted by atomic mass is 9.97. The summed E-state index contributed by atoms with van der Waals surface area (Å²) in [6.45, 7) is 7.75. The smallest absolute Gasteiger partial charge is 0.251 e. The Morgan fingerprint density at radius 3 is 2.69 bits per heavy atom. The maximum Gasteiger partial charge on any atom is 0.251 e. The number of piperazine rings is 1. The molecule has 3 aliphatic rings. The van der Waals surface area contributed by atoms with Crippen molar-refractivity contribution in [3.05, 3.63) is 11.6 Å². The summed E-state index contributed by atoms with van der Waals surface area (Å²) in [6, 6.07) is 0. The van der Waals surface area contributed by atoms with Crippen LogP contribution in [0.1, 0.15) is 51.9 Å². The Hall–Kier alpha value is -1.56.